The van der Waals surface area contributed by atoms with Crippen LogP contribution in [0.2, 0.25) is 0 Å². The van der Waals surface area contributed by atoms with Crippen LogP contribution in [0.1, 0.15) is 31.2 Å². The maximum absolute atomic E-state index is 9.10. The Morgan fingerprint density at radius 1 is 1.59 bits per heavy atom. The summed E-state index contributed by atoms with van der Waals surface area (Å²) in [7, 11) is 0. The van der Waals surface area contributed by atoms with Crippen LogP contribution < -0.4 is 4.90 Å². The molecule has 1 saturated heterocycles. The van der Waals surface area contributed by atoms with Crippen LogP contribution in [0.4, 0.5) is 5.69 Å². The summed E-state index contributed by atoms with van der Waals surface area (Å²) in [6, 6.07) is 4.42. The van der Waals surface area contributed by atoms with Gasteiger partial charge in [-0.2, -0.15) is 5.26 Å². The monoisotopic (exact) mass is 231 g/mol. The molecule has 0 aliphatic carbocycles. The summed E-state index contributed by atoms with van der Waals surface area (Å²) in [6.07, 6.45) is 7.52. The molecule has 2 heterocycles. The topological polar surface area (TPSA) is 60.2 Å². The van der Waals surface area contributed by atoms with Gasteiger partial charge < -0.3 is 10.0 Å². The van der Waals surface area contributed by atoms with Crippen molar-refractivity contribution in [1.29, 1.82) is 5.26 Å². The van der Waals surface area contributed by atoms with Gasteiger partial charge in [0.1, 0.15) is 6.07 Å². The summed E-state index contributed by atoms with van der Waals surface area (Å²) >= 11 is 0. The number of rotatable bonds is 4. The molecule has 2 rings (SSSR count). The first-order valence-electron chi connectivity index (χ1n) is 6.08. The van der Waals surface area contributed by atoms with Crippen LogP contribution in [0.3, 0.4) is 0 Å². The van der Waals surface area contributed by atoms with Gasteiger partial charge in [0.05, 0.1) is 17.4 Å². The standard InChI is InChI=1S/C13H17N3O/c14-9-11-5-6-15-10-13(11)16-7-1-3-12(16)4-2-8-17/h5-6,10,12,17H,1-4,7-8H2. The van der Waals surface area contributed by atoms with Crippen molar-refractivity contribution in [2.45, 2.75) is 31.7 Å². The van der Waals surface area contributed by atoms with E-state index >= 15 is 0 Å². The van der Waals surface area contributed by atoms with E-state index in [4.69, 9.17) is 10.4 Å². The smallest absolute Gasteiger partial charge is 0.101 e. The number of aliphatic hydroxyl groups is 1. The van der Waals surface area contributed by atoms with Crippen LogP contribution in [-0.4, -0.2) is 29.3 Å². The summed E-state index contributed by atoms with van der Waals surface area (Å²) in [6.45, 7) is 1.22. The van der Waals surface area contributed by atoms with E-state index in [2.05, 4.69) is 16.0 Å². The summed E-state index contributed by atoms with van der Waals surface area (Å²) in [5.41, 5.74) is 1.63. The number of hydrogen-bond donors (Lipinski definition) is 1. The van der Waals surface area contributed by atoms with E-state index in [1.54, 1.807) is 18.5 Å². The summed E-state index contributed by atoms with van der Waals surface area (Å²) in [5.74, 6) is 0. The molecule has 0 aromatic carbocycles. The van der Waals surface area contributed by atoms with Crippen LogP contribution in [0, 0.1) is 11.3 Å². The van der Waals surface area contributed by atoms with Gasteiger partial charge in [0.15, 0.2) is 0 Å². The number of nitriles is 1. The highest BCUT2D eigenvalue weighted by Gasteiger charge is 2.25. The Balaban J connectivity index is 2.17. The lowest BCUT2D eigenvalue weighted by Crippen LogP contribution is -2.30. The minimum Gasteiger partial charge on any atom is -0.396 e. The Morgan fingerprint density at radius 3 is 3.24 bits per heavy atom. The number of hydrogen-bond acceptors (Lipinski definition) is 4. The predicted molar refractivity (Wildman–Crippen MR) is 65.6 cm³/mol. The van der Waals surface area contributed by atoms with Crippen LogP contribution >= 0.6 is 0 Å². The van der Waals surface area contributed by atoms with Crippen LogP contribution in [-0.2, 0) is 0 Å². The molecule has 0 amide bonds. The van der Waals surface area contributed by atoms with Crippen molar-refractivity contribution in [2.24, 2.45) is 0 Å². The third-order valence-electron chi connectivity index (χ3n) is 3.30. The quantitative estimate of drug-likeness (QED) is 0.856. The number of aromatic nitrogens is 1. The van der Waals surface area contributed by atoms with Gasteiger partial charge in [0, 0.05) is 25.4 Å². The molecular formula is C13H17N3O. The molecule has 4 heteroatoms. The Hall–Kier alpha value is -1.60. The third-order valence-corrected chi connectivity index (χ3v) is 3.30. The molecule has 17 heavy (non-hydrogen) atoms. The molecule has 0 spiro atoms. The zero-order valence-corrected chi connectivity index (χ0v) is 9.84. The van der Waals surface area contributed by atoms with Gasteiger partial charge in [0.2, 0.25) is 0 Å². The van der Waals surface area contributed by atoms with Gasteiger partial charge in [-0.25, -0.2) is 0 Å². The van der Waals surface area contributed by atoms with Crippen molar-refractivity contribution in [3.05, 3.63) is 24.0 Å². The highest BCUT2D eigenvalue weighted by Crippen LogP contribution is 2.29. The molecule has 1 atom stereocenters. The molecule has 1 aliphatic heterocycles. The van der Waals surface area contributed by atoms with Crippen molar-refractivity contribution in [1.82, 2.24) is 4.98 Å². The van der Waals surface area contributed by atoms with Crippen molar-refractivity contribution < 1.29 is 5.11 Å². The van der Waals surface area contributed by atoms with E-state index in [9.17, 15) is 0 Å². The van der Waals surface area contributed by atoms with Crippen molar-refractivity contribution in [3.63, 3.8) is 0 Å². The van der Waals surface area contributed by atoms with Crippen LogP contribution in [0.25, 0.3) is 0 Å². The van der Waals surface area contributed by atoms with E-state index < -0.39 is 0 Å². The molecule has 1 unspecified atom stereocenters. The first-order valence-corrected chi connectivity index (χ1v) is 6.08. The molecule has 0 radical (unpaired) electrons. The average Bonchev–Trinajstić information content (AvgIpc) is 2.84. The minimum absolute atomic E-state index is 0.239. The van der Waals surface area contributed by atoms with Crippen LogP contribution in [0.15, 0.2) is 18.5 Å². The maximum atomic E-state index is 9.10. The van der Waals surface area contributed by atoms with E-state index in [0.29, 0.717) is 11.6 Å². The number of nitrogens with zero attached hydrogens (tertiary/aromatic N) is 3. The predicted octanol–water partition coefficient (Wildman–Crippen LogP) is 1.69. The second kappa shape index (κ2) is 5.65. The maximum Gasteiger partial charge on any atom is 0.101 e. The lowest BCUT2D eigenvalue weighted by Gasteiger charge is -2.27. The van der Waals surface area contributed by atoms with E-state index in [0.717, 1.165) is 37.9 Å². The molecule has 1 aliphatic rings. The van der Waals surface area contributed by atoms with Gasteiger partial charge >= 0.3 is 0 Å². The molecular weight excluding hydrogens is 214 g/mol. The zero-order valence-electron chi connectivity index (χ0n) is 9.84. The molecule has 1 aromatic rings. The number of pyridine rings is 1. The van der Waals surface area contributed by atoms with E-state index in [1.165, 1.54) is 0 Å². The Morgan fingerprint density at radius 2 is 2.47 bits per heavy atom. The minimum atomic E-state index is 0.239. The normalized spacial score (nSPS) is 19.3. The summed E-state index contributed by atoms with van der Waals surface area (Å²) in [4.78, 5) is 6.38. The van der Waals surface area contributed by atoms with Gasteiger partial charge in [-0.3, -0.25) is 4.98 Å². The Kier molecular flexibility index (Phi) is 3.94. The molecule has 0 saturated carbocycles. The third kappa shape index (κ3) is 2.56. The van der Waals surface area contributed by atoms with Crippen molar-refractivity contribution in [3.8, 4) is 6.07 Å². The Bertz CT molecular complexity index is 413. The molecule has 0 bridgehead atoms. The number of anilines is 1. The fraction of sp³-hybridized carbons (Fsp3) is 0.538. The lowest BCUT2D eigenvalue weighted by atomic mass is 10.1. The van der Waals surface area contributed by atoms with Gasteiger partial charge in [-0.15, -0.1) is 0 Å². The molecule has 4 nitrogen and oxygen atoms in total. The Labute approximate surface area is 102 Å². The summed E-state index contributed by atoms with van der Waals surface area (Å²) < 4.78 is 0. The second-order valence-electron chi connectivity index (χ2n) is 4.36. The fourth-order valence-corrected chi connectivity index (χ4v) is 2.49. The van der Waals surface area contributed by atoms with E-state index in [1.807, 2.05) is 0 Å². The van der Waals surface area contributed by atoms with Crippen molar-refractivity contribution in [2.75, 3.05) is 18.1 Å². The summed E-state index contributed by atoms with van der Waals surface area (Å²) in [5, 5.41) is 18.0. The molecule has 1 fully saturated rings. The fourth-order valence-electron chi connectivity index (χ4n) is 2.49. The second-order valence-corrected chi connectivity index (χ2v) is 4.36. The van der Waals surface area contributed by atoms with Gasteiger partial charge in [-0.1, -0.05) is 0 Å². The zero-order chi connectivity index (χ0) is 12.1. The highest BCUT2D eigenvalue weighted by molar-refractivity contribution is 5.58. The van der Waals surface area contributed by atoms with E-state index in [-0.39, 0.29) is 6.61 Å². The molecule has 1 aromatic heterocycles. The average molecular weight is 231 g/mol. The largest absolute Gasteiger partial charge is 0.396 e. The first-order chi connectivity index (χ1) is 8.36. The highest BCUT2D eigenvalue weighted by atomic mass is 16.2. The van der Waals surface area contributed by atoms with Crippen LogP contribution in [0.5, 0.6) is 0 Å². The van der Waals surface area contributed by atoms with Gasteiger partial charge in [0.25, 0.3) is 0 Å². The van der Waals surface area contributed by atoms with Crippen molar-refractivity contribution >= 4 is 5.69 Å². The first kappa shape index (κ1) is 11.9. The molecule has 90 valence electrons. The van der Waals surface area contributed by atoms with Gasteiger partial charge in [-0.05, 0) is 31.7 Å². The number of aliphatic hydroxyl groups excluding tert-OH is 1. The molecule has 1 N–H and O–H groups in total. The SMILES string of the molecule is N#Cc1ccncc1N1CCCC1CCCO. The lowest BCUT2D eigenvalue weighted by molar-refractivity contribution is 0.279.